The van der Waals surface area contributed by atoms with Crippen LogP contribution in [0.15, 0.2) is 114 Å². The summed E-state index contributed by atoms with van der Waals surface area (Å²) in [6.45, 7) is 0.868. The average Bonchev–Trinajstić information content (AvgIpc) is 3.31. The average molecular weight is 533 g/mol. The molecule has 0 saturated heterocycles. The zero-order valence-electron chi connectivity index (χ0n) is 21.7. The Labute approximate surface area is 228 Å². The number of pyridine rings is 1. The summed E-state index contributed by atoms with van der Waals surface area (Å²) in [4.78, 5) is 10.6. The number of rotatable bonds is 7. The summed E-state index contributed by atoms with van der Waals surface area (Å²) < 4.78 is 28.8. The van der Waals surface area contributed by atoms with Crippen LogP contribution >= 0.6 is 0 Å². The SMILES string of the molecule is CN(C)Cc1ccc(-c2cnc3[nH]c4ccc(NS(=O)(=O)c5ccccc5)cc4c3c2-c2ccccc2)cc1. The lowest BCUT2D eigenvalue weighted by atomic mass is 9.92. The zero-order valence-corrected chi connectivity index (χ0v) is 22.5. The quantitative estimate of drug-likeness (QED) is 0.234. The largest absolute Gasteiger partial charge is 0.339 e. The number of sulfonamides is 1. The second kappa shape index (κ2) is 10.0. The first-order valence-electron chi connectivity index (χ1n) is 12.7. The lowest BCUT2D eigenvalue weighted by molar-refractivity contribution is 0.402. The van der Waals surface area contributed by atoms with Crippen LogP contribution in [0, 0.1) is 0 Å². The number of aromatic amines is 1. The lowest BCUT2D eigenvalue weighted by Crippen LogP contribution is -2.12. The third-order valence-corrected chi connectivity index (χ3v) is 8.15. The minimum Gasteiger partial charge on any atom is -0.339 e. The summed E-state index contributed by atoms with van der Waals surface area (Å²) in [5, 5.41) is 1.85. The summed E-state index contributed by atoms with van der Waals surface area (Å²) in [5.74, 6) is 0. The van der Waals surface area contributed by atoms with Crippen LogP contribution in [-0.4, -0.2) is 37.4 Å². The standard InChI is InChI=1S/C32H28N4O2S/c1-36(2)21-22-13-15-23(16-14-22)28-20-33-32-31(30(28)24-9-5-3-6-10-24)27-19-25(17-18-29(27)34-32)35-39(37,38)26-11-7-4-8-12-26/h3-20,35H,21H2,1-2H3,(H,33,34). The molecular weight excluding hydrogens is 504 g/mol. The van der Waals surface area contributed by atoms with Gasteiger partial charge in [0.2, 0.25) is 0 Å². The van der Waals surface area contributed by atoms with Crippen molar-refractivity contribution in [3.8, 4) is 22.3 Å². The van der Waals surface area contributed by atoms with Gasteiger partial charge in [-0.2, -0.15) is 0 Å². The van der Waals surface area contributed by atoms with Crippen molar-refractivity contribution in [3.05, 3.63) is 115 Å². The fourth-order valence-corrected chi connectivity index (χ4v) is 6.08. The lowest BCUT2D eigenvalue weighted by Gasteiger charge is -2.14. The molecule has 39 heavy (non-hydrogen) atoms. The topological polar surface area (TPSA) is 78.1 Å². The van der Waals surface area contributed by atoms with Crippen molar-refractivity contribution in [1.82, 2.24) is 14.9 Å². The maximum atomic E-state index is 13.0. The van der Waals surface area contributed by atoms with Crippen LogP contribution < -0.4 is 4.72 Å². The van der Waals surface area contributed by atoms with Gasteiger partial charge >= 0.3 is 0 Å². The Morgan fingerprint density at radius 3 is 2.21 bits per heavy atom. The molecule has 2 aromatic heterocycles. The summed E-state index contributed by atoms with van der Waals surface area (Å²) in [7, 11) is 0.396. The highest BCUT2D eigenvalue weighted by atomic mass is 32.2. The van der Waals surface area contributed by atoms with Crippen LogP contribution in [0.3, 0.4) is 0 Å². The van der Waals surface area contributed by atoms with Crippen molar-refractivity contribution < 1.29 is 8.42 Å². The van der Waals surface area contributed by atoms with E-state index < -0.39 is 10.0 Å². The molecule has 0 fully saturated rings. The number of benzene rings is 4. The molecule has 7 heteroatoms. The number of hydrogen-bond donors (Lipinski definition) is 2. The van der Waals surface area contributed by atoms with Crippen LogP contribution in [0.1, 0.15) is 5.56 Å². The molecule has 0 saturated carbocycles. The number of hydrogen-bond acceptors (Lipinski definition) is 4. The molecule has 0 aliphatic carbocycles. The molecule has 0 amide bonds. The predicted molar refractivity (Wildman–Crippen MR) is 159 cm³/mol. The number of H-pyrrole nitrogens is 1. The Morgan fingerprint density at radius 2 is 1.51 bits per heavy atom. The highest BCUT2D eigenvalue weighted by molar-refractivity contribution is 7.92. The molecular formula is C32H28N4O2S. The summed E-state index contributed by atoms with van der Waals surface area (Å²) >= 11 is 0. The fourth-order valence-electron chi connectivity index (χ4n) is 5.01. The molecule has 0 atom stereocenters. The first-order valence-corrected chi connectivity index (χ1v) is 14.2. The molecule has 4 aromatic carbocycles. The molecule has 2 N–H and O–H groups in total. The van der Waals surface area contributed by atoms with Gasteiger partial charge in [-0.15, -0.1) is 0 Å². The van der Waals surface area contributed by atoms with Crippen LogP contribution in [0.2, 0.25) is 0 Å². The third kappa shape index (κ3) is 4.90. The molecule has 0 bridgehead atoms. The van der Waals surface area contributed by atoms with Crippen molar-refractivity contribution >= 4 is 37.6 Å². The fraction of sp³-hybridized carbons (Fsp3) is 0.0938. The van der Waals surface area contributed by atoms with E-state index in [0.717, 1.165) is 50.7 Å². The molecule has 2 heterocycles. The molecule has 0 unspecified atom stereocenters. The Hall–Kier alpha value is -4.46. The van der Waals surface area contributed by atoms with Crippen LogP contribution in [0.25, 0.3) is 44.2 Å². The van der Waals surface area contributed by atoms with Crippen LogP contribution in [-0.2, 0) is 16.6 Å². The molecule has 6 aromatic rings. The minimum absolute atomic E-state index is 0.218. The first-order chi connectivity index (χ1) is 18.9. The third-order valence-electron chi connectivity index (χ3n) is 6.75. The molecule has 0 aliphatic heterocycles. The van der Waals surface area contributed by atoms with Crippen molar-refractivity contribution in [2.24, 2.45) is 0 Å². The van der Waals surface area contributed by atoms with Gasteiger partial charge in [-0.25, -0.2) is 13.4 Å². The molecule has 0 aliphatic rings. The van der Waals surface area contributed by atoms with Gasteiger partial charge in [0.15, 0.2) is 0 Å². The van der Waals surface area contributed by atoms with Gasteiger partial charge < -0.3 is 9.88 Å². The van der Waals surface area contributed by atoms with E-state index in [1.54, 1.807) is 36.4 Å². The zero-order chi connectivity index (χ0) is 27.0. The van der Waals surface area contributed by atoms with Crippen LogP contribution in [0.5, 0.6) is 0 Å². The molecule has 0 radical (unpaired) electrons. The highest BCUT2D eigenvalue weighted by Gasteiger charge is 2.19. The Balaban J connectivity index is 1.53. The molecule has 6 rings (SSSR count). The number of nitrogens with zero attached hydrogens (tertiary/aromatic N) is 2. The number of anilines is 1. The van der Waals surface area contributed by atoms with E-state index in [1.807, 2.05) is 36.5 Å². The monoisotopic (exact) mass is 532 g/mol. The van der Waals surface area contributed by atoms with E-state index in [4.69, 9.17) is 4.98 Å². The number of aromatic nitrogens is 2. The molecule has 6 nitrogen and oxygen atoms in total. The van der Waals surface area contributed by atoms with E-state index >= 15 is 0 Å². The first kappa shape index (κ1) is 24.9. The van der Waals surface area contributed by atoms with E-state index in [0.29, 0.717) is 5.69 Å². The van der Waals surface area contributed by atoms with Crippen molar-refractivity contribution in [3.63, 3.8) is 0 Å². The van der Waals surface area contributed by atoms with E-state index in [1.165, 1.54) is 5.56 Å². The van der Waals surface area contributed by atoms with Gasteiger partial charge in [-0.3, -0.25) is 4.72 Å². The van der Waals surface area contributed by atoms with Gasteiger partial charge in [-0.05, 0) is 61.1 Å². The predicted octanol–water partition coefficient (Wildman–Crippen LogP) is 6.91. The second-order valence-corrected chi connectivity index (χ2v) is 11.6. The summed E-state index contributed by atoms with van der Waals surface area (Å²) in [5.41, 5.74) is 7.56. The van der Waals surface area contributed by atoms with Crippen molar-refractivity contribution in [2.75, 3.05) is 18.8 Å². The Morgan fingerprint density at radius 1 is 0.821 bits per heavy atom. The van der Waals surface area contributed by atoms with Crippen molar-refractivity contribution in [1.29, 1.82) is 0 Å². The van der Waals surface area contributed by atoms with Gasteiger partial charge in [0.05, 0.1) is 4.90 Å². The Kier molecular flexibility index (Phi) is 6.38. The minimum atomic E-state index is -3.72. The van der Waals surface area contributed by atoms with Gasteiger partial charge in [0.1, 0.15) is 5.65 Å². The normalized spacial score (nSPS) is 11.9. The second-order valence-electron chi connectivity index (χ2n) is 9.88. The smallest absolute Gasteiger partial charge is 0.261 e. The van der Waals surface area contributed by atoms with Gasteiger partial charge in [0.25, 0.3) is 10.0 Å². The molecule has 194 valence electrons. The maximum Gasteiger partial charge on any atom is 0.261 e. The van der Waals surface area contributed by atoms with Gasteiger partial charge in [0, 0.05) is 45.8 Å². The number of nitrogens with one attached hydrogen (secondary N) is 2. The Bertz CT molecular complexity index is 1880. The van der Waals surface area contributed by atoms with Crippen molar-refractivity contribution in [2.45, 2.75) is 11.4 Å². The van der Waals surface area contributed by atoms with Gasteiger partial charge in [-0.1, -0.05) is 72.8 Å². The van der Waals surface area contributed by atoms with Crippen LogP contribution in [0.4, 0.5) is 5.69 Å². The summed E-state index contributed by atoms with van der Waals surface area (Å²) in [6.07, 6.45) is 1.92. The molecule has 0 spiro atoms. The number of fused-ring (bicyclic) bond motifs is 3. The van der Waals surface area contributed by atoms with E-state index in [9.17, 15) is 8.42 Å². The maximum absolute atomic E-state index is 13.0. The van der Waals surface area contributed by atoms with E-state index in [-0.39, 0.29) is 4.90 Å². The van der Waals surface area contributed by atoms with E-state index in [2.05, 4.69) is 65.1 Å². The highest BCUT2D eigenvalue weighted by Crippen LogP contribution is 2.41. The summed E-state index contributed by atoms with van der Waals surface area (Å²) in [6, 6.07) is 32.8.